The Bertz CT molecular complexity index is 906. The molecule has 26 heavy (non-hydrogen) atoms. The second-order valence-corrected chi connectivity index (χ2v) is 6.09. The van der Waals surface area contributed by atoms with Gasteiger partial charge in [0.2, 0.25) is 5.89 Å². The van der Waals surface area contributed by atoms with Crippen molar-refractivity contribution in [1.29, 1.82) is 0 Å². The predicted octanol–water partition coefficient (Wildman–Crippen LogP) is 2.87. The van der Waals surface area contributed by atoms with Gasteiger partial charge in [0.05, 0.1) is 25.9 Å². The van der Waals surface area contributed by atoms with Gasteiger partial charge in [0.15, 0.2) is 0 Å². The molecule has 0 aliphatic carbocycles. The Labute approximate surface area is 153 Å². The molecule has 8 heteroatoms. The molecule has 0 unspecified atom stereocenters. The number of rotatable bonds is 7. The van der Waals surface area contributed by atoms with Gasteiger partial charge in [0, 0.05) is 10.6 Å². The zero-order valence-corrected chi connectivity index (χ0v) is 14.4. The van der Waals surface area contributed by atoms with Crippen LogP contribution in [0.15, 0.2) is 57.7 Å². The van der Waals surface area contributed by atoms with Gasteiger partial charge in [0.25, 0.3) is 0 Å². The number of aliphatic hydroxyl groups is 1. The van der Waals surface area contributed by atoms with Gasteiger partial charge in [-0.05, 0) is 42.0 Å². The number of halogens is 2. The van der Waals surface area contributed by atoms with Crippen LogP contribution in [0.25, 0.3) is 11.5 Å². The maximum Gasteiger partial charge on any atom is 0.437 e. The summed E-state index contributed by atoms with van der Waals surface area (Å²) < 4.78 is 24.4. The minimum Gasteiger partial charge on any atom is -0.389 e. The Morgan fingerprint density at radius 1 is 1.19 bits per heavy atom. The van der Waals surface area contributed by atoms with E-state index in [-0.39, 0.29) is 19.0 Å². The first kappa shape index (κ1) is 18.3. The summed E-state index contributed by atoms with van der Waals surface area (Å²) in [5.41, 5.74) is 1.38. The highest BCUT2D eigenvalue weighted by Crippen LogP contribution is 2.15. The van der Waals surface area contributed by atoms with Crippen molar-refractivity contribution < 1.29 is 18.7 Å². The molecule has 1 heterocycles. The first-order valence-corrected chi connectivity index (χ1v) is 8.23. The molecule has 0 saturated heterocycles. The zero-order valence-electron chi connectivity index (χ0n) is 13.6. The van der Waals surface area contributed by atoms with Crippen LogP contribution in [-0.4, -0.2) is 27.6 Å². The molecule has 0 amide bonds. The summed E-state index contributed by atoms with van der Waals surface area (Å²) >= 11 is 5.81. The molecule has 6 nitrogen and oxygen atoms in total. The molecule has 1 atom stereocenters. The molecule has 1 N–H and O–H groups in total. The van der Waals surface area contributed by atoms with Gasteiger partial charge in [-0.1, -0.05) is 23.7 Å². The molecule has 1 aromatic heterocycles. The van der Waals surface area contributed by atoms with Crippen LogP contribution >= 0.6 is 11.6 Å². The van der Waals surface area contributed by atoms with Crippen molar-refractivity contribution in [3.05, 3.63) is 75.5 Å². The van der Waals surface area contributed by atoms with Crippen LogP contribution in [0.3, 0.4) is 0 Å². The minimum absolute atomic E-state index is 0.0216. The average Bonchev–Trinajstić information content (AvgIpc) is 2.98. The lowest BCUT2D eigenvalue weighted by Gasteiger charge is -2.10. The van der Waals surface area contributed by atoms with Gasteiger partial charge in [-0.2, -0.15) is 4.68 Å². The molecule has 2 aromatic carbocycles. The molecule has 3 aromatic rings. The first-order valence-electron chi connectivity index (χ1n) is 7.85. The quantitative estimate of drug-likeness (QED) is 0.684. The fourth-order valence-corrected chi connectivity index (χ4v) is 2.40. The van der Waals surface area contributed by atoms with Gasteiger partial charge in [0.1, 0.15) is 5.82 Å². The Kier molecular flexibility index (Phi) is 5.82. The lowest BCUT2D eigenvalue weighted by atomic mass is 10.2. The van der Waals surface area contributed by atoms with Crippen molar-refractivity contribution in [3.8, 4) is 11.5 Å². The van der Waals surface area contributed by atoms with Crippen molar-refractivity contribution in [3.63, 3.8) is 0 Å². The molecular weight excluding hydrogens is 363 g/mol. The number of nitrogens with zero attached hydrogens (tertiary/aromatic N) is 2. The summed E-state index contributed by atoms with van der Waals surface area (Å²) in [4.78, 5) is 11.8. The minimum atomic E-state index is -0.939. The van der Waals surface area contributed by atoms with Crippen LogP contribution in [0.1, 0.15) is 5.56 Å². The third-order valence-electron chi connectivity index (χ3n) is 3.57. The summed E-state index contributed by atoms with van der Waals surface area (Å²) in [6, 6.07) is 12.6. The number of aromatic nitrogens is 2. The van der Waals surface area contributed by atoms with E-state index in [1.807, 2.05) is 12.1 Å². The zero-order chi connectivity index (χ0) is 18.5. The monoisotopic (exact) mass is 378 g/mol. The van der Waals surface area contributed by atoms with Crippen LogP contribution in [0.4, 0.5) is 4.39 Å². The molecule has 0 aliphatic heterocycles. The lowest BCUT2D eigenvalue weighted by Crippen LogP contribution is -2.28. The number of aliphatic hydroxyl groups excluding tert-OH is 1. The molecule has 136 valence electrons. The maximum absolute atomic E-state index is 12.9. The predicted molar refractivity (Wildman–Crippen MR) is 93.3 cm³/mol. The average molecular weight is 379 g/mol. The highest BCUT2D eigenvalue weighted by atomic mass is 35.5. The summed E-state index contributed by atoms with van der Waals surface area (Å²) in [5.74, 6) is -1.05. The fourth-order valence-electron chi connectivity index (χ4n) is 2.28. The van der Waals surface area contributed by atoms with Crippen molar-refractivity contribution >= 4 is 11.6 Å². The van der Waals surface area contributed by atoms with Crippen LogP contribution < -0.4 is 5.76 Å². The fraction of sp³-hybridized carbons (Fsp3) is 0.222. The van der Waals surface area contributed by atoms with E-state index in [4.69, 9.17) is 20.8 Å². The van der Waals surface area contributed by atoms with E-state index >= 15 is 0 Å². The molecule has 0 bridgehead atoms. The summed E-state index contributed by atoms with van der Waals surface area (Å²) in [6.45, 7) is 0.251. The van der Waals surface area contributed by atoms with E-state index in [2.05, 4.69) is 5.10 Å². The Hall–Kier alpha value is -2.48. The van der Waals surface area contributed by atoms with Crippen LogP contribution in [0.2, 0.25) is 5.02 Å². The van der Waals surface area contributed by atoms with Crippen molar-refractivity contribution in [2.45, 2.75) is 19.3 Å². The third-order valence-corrected chi connectivity index (χ3v) is 3.83. The first-order chi connectivity index (χ1) is 12.5. The molecule has 0 spiro atoms. The number of hydrogen-bond acceptors (Lipinski definition) is 5. The van der Waals surface area contributed by atoms with Crippen molar-refractivity contribution in [2.75, 3.05) is 6.61 Å². The van der Waals surface area contributed by atoms with Gasteiger partial charge in [-0.25, -0.2) is 9.18 Å². The van der Waals surface area contributed by atoms with Gasteiger partial charge in [-0.15, -0.1) is 5.10 Å². The van der Waals surface area contributed by atoms with Crippen molar-refractivity contribution in [1.82, 2.24) is 9.78 Å². The number of hydrogen-bond donors (Lipinski definition) is 1. The topological polar surface area (TPSA) is 77.5 Å². The van der Waals surface area contributed by atoms with Crippen LogP contribution in [-0.2, 0) is 17.9 Å². The SMILES string of the molecule is O=c1oc(-c2ccc(F)cc2)nn1C[C@@H](O)COCc1ccc(Cl)cc1. The smallest absolute Gasteiger partial charge is 0.389 e. The Balaban J connectivity index is 1.55. The standard InChI is InChI=1S/C18H16ClFN2O4/c19-14-5-1-12(2-6-14)10-25-11-16(23)9-22-18(24)26-17(21-22)13-3-7-15(20)8-4-13/h1-8,16,23H,9-11H2/t16-/m1/s1. The van der Waals surface area contributed by atoms with E-state index in [9.17, 15) is 14.3 Å². The van der Waals surface area contributed by atoms with E-state index in [1.54, 1.807) is 12.1 Å². The molecular formula is C18H16ClFN2O4. The summed E-state index contributed by atoms with van der Waals surface area (Å²) in [7, 11) is 0. The van der Waals surface area contributed by atoms with Crippen LogP contribution in [0.5, 0.6) is 0 Å². The Morgan fingerprint density at radius 3 is 2.58 bits per heavy atom. The second-order valence-electron chi connectivity index (χ2n) is 5.66. The van der Waals surface area contributed by atoms with Gasteiger partial charge < -0.3 is 14.3 Å². The number of ether oxygens (including phenoxy) is 1. The molecule has 0 radical (unpaired) electrons. The number of benzene rings is 2. The third kappa shape index (κ3) is 4.78. The molecule has 0 aliphatic rings. The van der Waals surface area contributed by atoms with Gasteiger partial charge in [-0.3, -0.25) is 0 Å². The normalized spacial score (nSPS) is 12.3. The molecule has 0 fully saturated rings. The van der Waals surface area contributed by atoms with Crippen molar-refractivity contribution in [2.24, 2.45) is 0 Å². The second kappa shape index (κ2) is 8.27. The highest BCUT2D eigenvalue weighted by Gasteiger charge is 2.14. The summed E-state index contributed by atoms with van der Waals surface area (Å²) in [6.07, 6.45) is -0.939. The maximum atomic E-state index is 12.9. The Morgan fingerprint density at radius 2 is 1.88 bits per heavy atom. The summed E-state index contributed by atoms with van der Waals surface area (Å²) in [5, 5.41) is 14.7. The molecule has 3 rings (SSSR count). The van der Waals surface area contributed by atoms with E-state index in [0.717, 1.165) is 10.2 Å². The lowest BCUT2D eigenvalue weighted by molar-refractivity contribution is 0.0178. The molecule has 0 saturated carbocycles. The van der Waals surface area contributed by atoms with E-state index in [0.29, 0.717) is 17.2 Å². The van der Waals surface area contributed by atoms with E-state index in [1.165, 1.54) is 24.3 Å². The highest BCUT2D eigenvalue weighted by molar-refractivity contribution is 6.30. The van der Waals surface area contributed by atoms with Crippen LogP contribution in [0, 0.1) is 5.82 Å². The largest absolute Gasteiger partial charge is 0.437 e. The van der Waals surface area contributed by atoms with E-state index < -0.39 is 17.7 Å². The van der Waals surface area contributed by atoms with Gasteiger partial charge >= 0.3 is 5.76 Å².